The molecule has 0 saturated carbocycles. The predicted molar refractivity (Wildman–Crippen MR) is 84.5 cm³/mol. The Hall–Kier alpha value is -1.70. The predicted octanol–water partition coefficient (Wildman–Crippen LogP) is 0.851. The maximum absolute atomic E-state index is 12.0. The zero-order valence-electron chi connectivity index (χ0n) is 12.9. The van der Waals surface area contributed by atoms with E-state index in [1.165, 1.54) is 0 Å². The Bertz CT molecular complexity index is 613. The summed E-state index contributed by atoms with van der Waals surface area (Å²) in [5.74, 6) is 0.973. The third kappa shape index (κ3) is 4.94. The molecule has 0 aliphatic carbocycles. The molecule has 22 heavy (non-hydrogen) atoms. The number of sulfone groups is 1. The lowest BCUT2D eigenvalue weighted by molar-refractivity contribution is 0.0935. The molecule has 2 heterocycles. The molecule has 0 bridgehead atoms. The molecule has 1 aliphatic heterocycles. The number of nitrogens with zero attached hydrogens (tertiary/aromatic N) is 2. The molecule has 1 unspecified atom stereocenters. The van der Waals surface area contributed by atoms with Crippen LogP contribution in [-0.4, -0.2) is 48.6 Å². The van der Waals surface area contributed by atoms with Crippen LogP contribution in [0.25, 0.3) is 0 Å². The third-order valence-electron chi connectivity index (χ3n) is 3.49. The van der Waals surface area contributed by atoms with Crippen molar-refractivity contribution in [3.05, 3.63) is 17.8 Å². The quantitative estimate of drug-likeness (QED) is 0.804. The van der Waals surface area contributed by atoms with Gasteiger partial charge in [-0.2, -0.15) is 0 Å². The zero-order chi connectivity index (χ0) is 16.2. The monoisotopic (exact) mass is 326 g/mol. The number of hydrogen-bond donors (Lipinski definition) is 2. The van der Waals surface area contributed by atoms with Crippen molar-refractivity contribution < 1.29 is 13.2 Å². The van der Waals surface area contributed by atoms with Crippen molar-refractivity contribution in [2.75, 3.05) is 23.4 Å². The number of amides is 1. The van der Waals surface area contributed by atoms with Crippen LogP contribution in [0.4, 0.5) is 5.82 Å². The Morgan fingerprint density at radius 2 is 2.14 bits per heavy atom. The molecular weight excluding hydrogens is 304 g/mol. The molecule has 122 valence electrons. The van der Waals surface area contributed by atoms with E-state index in [0.29, 0.717) is 18.2 Å². The van der Waals surface area contributed by atoms with Crippen molar-refractivity contribution >= 4 is 21.6 Å². The fourth-order valence-electron chi connectivity index (χ4n) is 2.20. The summed E-state index contributed by atoms with van der Waals surface area (Å²) in [6.45, 7) is 5.09. The van der Waals surface area contributed by atoms with Gasteiger partial charge in [-0.15, -0.1) is 10.2 Å². The lowest BCUT2D eigenvalue weighted by atomic mass is 10.1. The number of anilines is 1. The second-order valence-electron chi connectivity index (χ2n) is 5.99. The summed E-state index contributed by atoms with van der Waals surface area (Å²) in [5, 5.41) is 13.7. The normalized spacial score (nSPS) is 20.0. The van der Waals surface area contributed by atoms with Crippen molar-refractivity contribution in [1.82, 2.24) is 15.5 Å². The highest BCUT2D eigenvalue weighted by Crippen LogP contribution is 2.12. The van der Waals surface area contributed by atoms with E-state index < -0.39 is 9.84 Å². The maximum atomic E-state index is 12.0. The van der Waals surface area contributed by atoms with Crippen LogP contribution in [0.15, 0.2) is 12.1 Å². The Kier molecular flexibility index (Phi) is 5.33. The van der Waals surface area contributed by atoms with Gasteiger partial charge in [0.05, 0.1) is 11.5 Å². The van der Waals surface area contributed by atoms with E-state index in [0.717, 1.165) is 13.0 Å². The van der Waals surface area contributed by atoms with Gasteiger partial charge in [0.1, 0.15) is 5.82 Å². The van der Waals surface area contributed by atoms with E-state index in [9.17, 15) is 13.2 Å². The van der Waals surface area contributed by atoms with Crippen LogP contribution < -0.4 is 10.6 Å². The van der Waals surface area contributed by atoms with Gasteiger partial charge < -0.3 is 10.6 Å². The summed E-state index contributed by atoms with van der Waals surface area (Å²) in [4.78, 5) is 12.0. The van der Waals surface area contributed by atoms with Crippen LogP contribution in [0, 0.1) is 5.92 Å². The first-order valence-corrected chi connectivity index (χ1v) is 9.27. The van der Waals surface area contributed by atoms with Gasteiger partial charge in [0.25, 0.3) is 5.91 Å². The van der Waals surface area contributed by atoms with Crippen LogP contribution in [0.3, 0.4) is 0 Å². The van der Waals surface area contributed by atoms with Gasteiger partial charge in [0.15, 0.2) is 15.5 Å². The van der Waals surface area contributed by atoms with Gasteiger partial charge in [-0.05, 0) is 30.9 Å². The van der Waals surface area contributed by atoms with Crippen LogP contribution in [0.2, 0.25) is 0 Å². The number of rotatable bonds is 6. The number of aromatic nitrogens is 2. The first-order valence-electron chi connectivity index (χ1n) is 7.44. The average Bonchev–Trinajstić information content (AvgIpc) is 2.78. The molecule has 0 radical (unpaired) electrons. The highest BCUT2D eigenvalue weighted by molar-refractivity contribution is 7.91. The second-order valence-corrected chi connectivity index (χ2v) is 8.22. The summed E-state index contributed by atoms with van der Waals surface area (Å²) >= 11 is 0. The summed E-state index contributed by atoms with van der Waals surface area (Å²) in [7, 11) is -3.01. The van der Waals surface area contributed by atoms with Crippen molar-refractivity contribution in [2.45, 2.75) is 32.7 Å². The number of carbonyl (C=O) groups is 1. The number of carbonyl (C=O) groups excluding carboxylic acids is 1. The van der Waals surface area contributed by atoms with E-state index >= 15 is 0 Å². The standard InChI is InChI=1S/C14H22N4O3S/c1-10(2)5-7-15-13-4-3-12(17-18-13)14(19)16-11-6-8-22(20,21)9-11/h3-4,10-11H,5-9H2,1-2H3,(H,15,18)(H,16,19). The van der Waals surface area contributed by atoms with Gasteiger partial charge in [-0.25, -0.2) is 8.42 Å². The Balaban J connectivity index is 1.86. The van der Waals surface area contributed by atoms with E-state index in [-0.39, 0.29) is 29.1 Å². The molecule has 2 rings (SSSR count). The maximum Gasteiger partial charge on any atom is 0.272 e. The van der Waals surface area contributed by atoms with Gasteiger partial charge in [-0.1, -0.05) is 13.8 Å². The molecule has 0 aromatic carbocycles. The van der Waals surface area contributed by atoms with Crippen molar-refractivity contribution in [1.29, 1.82) is 0 Å². The molecule has 1 aromatic heterocycles. The second kappa shape index (κ2) is 7.04. The minimum Gasteiger partial charge on any atom is -0.369 e. The summed E-state index contributed by atoms with van der Waals surface area (Å²) in [6, 6.07) is 2.96. The minimum absolute atomic E-state index is 0.00100. The molecule has 1 atom stereocenters. The van der Waals surface area contributed by atoms with E-state index in [1.807, 2.05) is 0 Å². The van der Waals surface area contributed by atoms with Crippen LogP contribution in [0.5, 0.6) is 0 Å². The average molecular weight is 326 g/mol. The Morgan fingerprint density at radius 1 is 1.36 bits per heavy atom. The highest BCUT2D eigenvalue weighted by atomic mass is 32.2. The summed E-state index contributed by atoms with van der Waals surface area (Å²) in [5.41, 5.74) is 0.193. The minimum atomic E-state index is -3.01. The van der Waals surface area contributed by atoms with Gasteiger partial charge in [-0.3, -0.25) is 4.79 Å². The molecule has 7 nitrogen and oxygen atoms in total. The molecule has 1 aliphatic rings. The van der Waals surface area contributed by atoms with Crippen molar-refractivity contribution in [3.8, 4) is 0 Å². The van der Waals surface area contributed by atoms with Gasteiger partial charge in [0, 0.05) is 12.6 Å². The SMILES string of the molecule is CC(C)CCNc1ccc(C(=O)NC2CCS(=O)(=O)C2)nn1. The number of hydrogen-bond acceptors (Lipinski definition) is 6. The van der Waals surface area contributed by atoms with Gasteiger partial charge >= 0.3 is 0 Å². The van der Waals surface area contributed by atoms with Crippen LogP contribution in [0.1, 0.15) is 37.2 Å². The largest absolute Gasteiger partial charge is 0.369 e. The molecule has 1 amide bonds. The molecule has 2 N–H and O–H groups in total. The molecular formula is C14H22N4O3S. The molecule has 8 heteroatoms. The summed E-state index contributed by atoms with van der Waals surface area (Å²) in [6.07, 6.45) is 1.48. The third-order valence-corrected chi connectivity index (χ3v) is 5.26. The lowest BCUT2D eigenvalue weighted by Crippen LogP contribution is -2.36. The fourth-order valence-corrected chi connectivity index (χ4v) is 3.88. The van der Waals surface area contributed by atoms with E-state index in [4.69, 9.17) is 0 Å². The highest BCUT2D eigenvalue weighted by Gasteiger charge is 2.29. The Morgan fingerprint density at radius 3 is 2.68 bits per heavy atom. The van der Waals surface area contributed by atoms with Crippen molar-refractivity contribution in [3.63, 3.8) is 0 Å². The van der Waals surface area contributed by atoms with Crippen molar-refractivity contribution in [2.24, 2.45) is 5.92 Å². The smallest absolute Gasteiger partial charge is 0.272 e. The number of nitrogens with one attached hydrogen (secondary N) is 2. The molecule has 1 fully saturated rings. The first kappa shape index (κ1) is 16.7. The Labute approximate surface area is 130 Å². The van der Waals surface area contributed by atoms with E-state index in [2.05, 4.69) is 34.7 Å². The summed E-state index contributed by atoms with van der Waals surface area (Å²) < 4.78 is 22.7. The zero-order valence-corrected chi connectivity index (χ0v) is 13.7. The van der Waals surface area contributed by atoms with Crippen LogP contribution in [-0.2, 0) is 9.84 Å². The van der Waals surface area contributed by atoms with Crippen LogP contribution >= 0.6 is 0 Å². The molecule has 1 aromatic rings. The molecule has 0 spiro atoms. The van der Waals surface area contributed by atoms with Gasteiger partial charge in [0.2, 0.25) is 0 Å². The first-order chi connectivity index (χ1) is 10.4. The lowest BCUT2D eigenvalue weighted by Gasteiger charge is -2.10. The molecule has 1 saturated heterocycles. The van der Waals surface area contributed by atoms with E-state index in [1.54, 1.807) is 12.1 Å². The fraction of sp³-hybridized carbons (Fsp3) is 0.643. The topological polar surface area (TPSA) is 101 Å².